The quantitative estimate of drug-likeness (QED) is 0.398. The van der Waals surface area contributed by atoms with Gasteiger partial charge in [-0.2, -0.15) is 15.0 Å². The van der Waals surface area contributed by atoms with Crippen molar-refractivity contribution in [2.24, 2.45) is 5.84 Å². The highest BCUT2D eigenvalue weighted by atomic mass is 127. The van der Waals surface area contributed by atoms with Crippen LogP contribution in [-0.2, 0) is 0 Å². The Labute approximate surface area is 130 Å². The third-order valence-corrected chi connectivity index (χ3v) is 2.93. The van der Waals surface area contributed by atoms with E-state index < -0.39 is 0 Å². The van der Waals surface area contributed by atoms with Crippen LogP contribution >= 0.6 is 22.6 Å². The first-order valence-corrected chi connectivity index (χ1v) is 7.17. The molecule has 0 fully saturated rings. The summed E-state index contributed by atoms with van der Waals surface area (Å²) in [5.74, 6) is 5.97. The smallest absolute Gasteiger partial charge is 0.323 e. The molecule has 0 atom stereocenters. The Balaban J connectivity index is 2.21. The monoisotopic (exact) mass is 386 g/mol. The fourth-order valence-corrected chi connectivity index (χ4v) is 1.97. The molecule has 0 aliphatic carbocycles. The standard InChI is InChI=1S/C12H15IN6O/c1-2-6-20-12-17-10(16-11(18-12)19-14)15-9-5-3-4-8(13)7-9/h3-5,7H,2,6,14H2,1H3,(H2,15,16,17,18,19). The van der Waals surface area contributed by atoms with Crippen molar-refractivity contribution in [1.29, 1.82) is 0 Å². The molecule has 1 aromatic heterocycles. The molecule has 1 aromatic carbocycles. The van der Waals surface area contributed by atoms with Crippen LogP contribution in [0.4, 0.5) is 17.6 Å². The maximum absolute atomic E-state index is 5.40. The van der Waals surface area contributed by atoms with E-state index in [4.69, 9.17) is 10.6 Å². The van der Waals surface area contributed by atoms with E-state index in [0.29, 0.717) is 12.6 Å². The van der Waals surface area contributed by atoms with Crippen LogP contribution in [0.5, 0.6) is 6.01 Å². The first kappa shape index (κ1) is 14.7. The number of nitrogens with two attached hydrogens (primary N) is 1. The van der Waals surface area contributed by atoms with Gasteiger partial charge in [0.05, 0.1) is 6.61 Å². The largest absolute Gasteiger partial charge is 0.463 e. The van der Waals surface area contributed by atoms with Gasteiger partial charge >= 0.3 is 6.01 Å². The number of aromatic nitrogens is 3. The lowest BCUT2D eigenvalue weighted by Crippen LogP contribution is -2.13. The molecule has 0 amide bonds. The SMILES string of the molecule is CCCOc1nc(NN)nc(Nc2cccc(I)c2)n1. The molecule has 7 nitrogen and oxygen atoms in total. The highest BCUT2D eigenvalue weighted by Gasteiger charge is 2.07. The summed E-state index contributed by atoms with van der Waals surface area (Å²) in [6, 6.07) is 8.09. The number of hydrogen-bond donors (Lipinski definition) is 3. The molecule has 20 heavy (non-hydrogen) atoms. The second-order valence-corrected chi connectivity index (χ2v) is 5.14. The molecule has 1 heterocycles. The van der Waals surface area contributed by atoms with Crippen molar-refractivity contribution in [2.45, 2.75) is 13.3 Å². The Morgan fingerprint density at radius 2 is 2.05 bits per heavy atom. The molecule has 0 saturated heterocycles. The van der Waals surface area contributed by atoms with Gasteiger partial charge in [-0.05, 0) is 47.2 Å². The van der Waals surface area contributed by atoms with E-state index in [-0.39, 0.29) is 12.0 Å². The van der Waals surface area contributed by atoms with Crippen molar-refractivity contribution < 1.29 is 4.74 Å². The summed E-state index contributed by atoms with van der Waals surface area (Å²) in [5, 5.41) is 3.09. The molecule has 2 rings (SSSR count). The van der Waals surface area contributed by atoms with E-state index in [1.807, 2.05) is 31.2 Å². The van der Waals surface area contributed by atoms with Crippen LogP contribution in [0.2, 0.25) is 0 Å². The van der Waals surface area contributed by atoms with Gasteiger partial charge in [-0.1, -0.05) is 13.0 Å². The fraction of sp³-hybridized carbons (Fsp3) is 0.250. The minimum atomic E-state index is 0.239. The number of nitrogen functional groups attached to an aromatic ring is 1. The first-order valence-electron chi connectivity index (χ1n) is 6.09. The summed E-state index contributed by atoms with van der Waals surface area (Å²) in [5.41, 5.74) is 3.28. The van der Waals surface area contributed by atoms with Crippen molar-refractivity contribution in [3.63, 3.8) is 0 Å². The molecule has 0 aliphatic heterocycles. The van der Waals surface area contributed by atoms with Gasteiger partial charge in [0.25, 0.3) is 0 Å². The molecule has 4 N–H and O–H groups in total. The molecule has 106 valence electrons. The summed E-state index contributed by atoms with van der Waals surface area (Å²) in [7, 11) is 0. The summed E-state index contributed by atoms with van der Waals surface area (Å²) in [4.78, 5) is 12.3. The molecule has 0 unspecified atom stereocenters. The van der Waals surface area contributed by atoms with Gasteiger partial charge in [0, 0.05) is 9.26 Å². The van der Waals surface area contributed by atoms with Crippen LogP contribution in [0.1, 0.15) is 13.3 Å². The Bertz CT molecular complexity index is 580. The number of benzene rings is 1. The summed E-state index contributed by atoms with van der Waals surface area (Å²) < 4.78 is 6.51. The van der Waals surface area contributed by atoms with Gasteiger partial charge in [-0.3, -0.25) is 5.43 Å². The lowest BCUT2D eigenvalue weighted by Gasteiger charge is -2.09. The lowest BCUT2D eigenvalue weighted by molar-refractivity contribution is 0.292. The summed E-state index contributed by atoms with van der Waals surface area (Å²) in [6.45, 7) is 2.55. The zero-order valence-electron chi connectivity index (χ0n) is 10.9. The average molecular weight is 386 g/mol. The van der Waals surface area contributed by atoms with E-state index >= 15 is 0 Å². The predicted molar refractivity (Wildman–Crippen MR) is 85.9 cm³/mol. The average Bonchev–Trinajstić information content (AvgIpc) is 2.45. The van der Waals surface area contributed by atoms with Gasteiger partial charge in [0.15, 0.2) is 0 Å². The first-order chi connectivity index (χ1) is 9.71. The topological polar surface area (TPSA) is 98.0 Å². The van der Waals surface area contributed by atoms with E-state index in [0.717, 1.165) is 15.7 Å². The Hall–Kier alpha value is -1.68. The Morgan fingerprint density at radius 3 is 2.75 bits per heavy atom. The van der Waals surface area contributed by atoms with E-state index in [2.05, 4.69) is 48.3 Å². The third kappa shape index (κ3) is 4.17. The number of ether oxygens (including phenoxy) is 1. The molecular weight excluding hydrogens is 371 g/mol. The van der Waals surface area contributed by atoms with Gasteiger partial charge < -0.3 is 10.1 Å². The minimum Gasteiger partial charge on any atom is -0.463 e. The number of rotatable bonds is 6. The fourth-order valence-electron chi connectivity index (χ4n) is 1.43. The van der Waals surface area contributed by atoms with Crippen molar-refractivity contribution in [1.82, 2.24) is 15.0 Å². The van der Waals surface area contributed by atoms with Crippen molar-refractivity contribution in [3.8, 4) is 6.01 Å². The van der Waals surface area contributed by atoms with Crippen LogP contribution in [0.25, 0.3) is 0 Å². The van der Waals surface area contributed by atoms with Crippen molar-refractivity contribution in [2.75, 3.05) is 17.3 Å². The second-order valence-electron chi connectivity index (χ2n) is 3.89. The maximum atomic E-state index is 5.40. The molecular formula is C12H15IN6O. The minimum absolute atomic E-state index is 0.239. The van der Waals surface area contributed by atoms with E-state index in [9.17, 15) is 0 Å². The normalized spacial score (nSPS) is 10.2. The predicted octanol–water partition coefficient (Wildman–Crippen LogP) is 2.29. The van der Waals surface area contributed by atoms with Gasteiger partial charge in [-0.25, -0.2) is 5.84 Å². The Kier molecular flexibility index (Phi) is 5.30. The van der Waals surface area contributed by atoms with Crippen molar-refractivity contribution >= 4 is 40.2 Å². The summed E-state index contributed by atoms with van der Waals surface area (Å²) in [6.07, 6.45) is 0.872. The highest BCUT2D eigenvalue weighted by molar-refractivity contribution is 14.1. The van der Waals surface area contributed by atoms with Gasteiger partial charge in [-0.15, -0.1) is 0 Å². The number of hydrogen-bond acceptors (Lipinski definition) is 7. The van der Waals surface area contributed by atoms with Crippen LogP contribution in [0, 0.1) is 3.57 Å². The third-order valence-electron chi connectivity index (χ3n) is 2.26. The number of nitrogens with one attached hydrogen (secondary N) is 2. The molecule has 0 radical (unpaired) electrons. The maximum Gasteiger partial charge on any atom is 0.323 e. The molecule has 8 heteroatoms. The molecule has 0 saturated carbocycles. The molecule has 0 aliphatic rings. The number of nitrogens with zero attached hydrogens (tertiary/aromatic N) is 3. The Morgan fingerprint density at radius 1 is 1.25 bits per heavy atom. The van der Waals surface area contributed by atoms with Crippen molar-refractivity contribution in [3.05, 3.63) is 27.8 Å². The van der Waals surface area contributed by atoms with Crippen LogP contribution in [0.15, 0.2) is 24.3 Å². The number of anilines is 3. The summed E-state index contributed by atoms with van der Waals surface area (Å²) >= 11 is 2.24. The van der Waals surface area contributed by atoms with E-state index in [1.165, 1.54) is 0 Å². The van der Waals surface area contributed by atoms with Gasteiger partial charge in [0.2, 0.25) is 11.9 Å². The van der Waals surface area contributed by atoms with E-state index in [1.54, 1.807) is 0 Å². The number of hydrazine groups is 1. The molecule has 0 bridgehead atoms. The highest BCUT2D eigenvalue weighted by Crippen LogP contribution is 2.18. The molecule has 2 aromatic rings. The van der Waals surface area contributed by atoms with Crippen LogP contribution < -0.4 is 21.3 Å². The number of halogens is 1. The lowest BCUT2D eigenvalue weighted by atomic mass is 10.3. The van der Waals surface area contributed by atoms with Gasteiger partial charge in [0.1, 0.15) is 0 Å². The zero-order valence-corrected chi connectivity index (χ0v) is 13.1. The van der Waals surface area contributed by atoms with Crippen LogP contribution in [-0.4, -0.2) is 21.6 Å². The van der Waals surface area contributed by atoms with Crippen LogP contribution in [0.3, 0.4) is 0 Å². The molecule has 0 spiro atoms. The second kappa shape index (κ2) is 7.20. The zero-order chi connectivity index (χ0) is 14.4.